The summed E-state index contributed by atoms with van der Waals surface area (Å²) in [4.78, 5) is 12.2. The molecule has 1 rings (SSSR count). The molecule has 0 fully saturated rings. The number of hydrogen-bond acceptors (Lipinski definition) is 3. The molecule has 1 aromatic rings. The highest BCUT2D eigenvalue weighted by Crippen LogP contribution is 2.27. The molecule has 4 N–H and O–H groups in total. The van der Waals surface area contributed by atoms with Gasteiger partial charge in [-0.1, -0.05) is 34.4 Å². The summed E-state index contributed by atoms with van der Waals surface area (Å²) < 4.78 is 0. The molecule has 0 radical (unpaired) electrons. The van der Waals surface area contributed by atoms with Gasteiger partial charge in [0.1, 0.15) is 5.41 Å². The topological polar surface area (TPSA) is 87.7 Å². The van der Waals surface area contributed by atoms with E-state index in [9.17, 15) is 4.79 Å². The van der Waals surface area contributed by atoms with Crippen molar-refractivity contribution in [3.8, 4) is 0 Å². The molecule has 0 aliphatic heterocycles. The fourth-order valence-electron chi connectivity index (χ4n) is 1.55. The fraction of sp³-hybridized carbons (Fsp3) is 0.385. The van der Waals surface area contributed by atoms with E-state index in [1.54, 1.807) is 39.0 Å². The number of halogens is 2. The Morgan fingerprint density at radius 1 is 1.45 bits per heavy atom. The van der Waals surface area contributed by atoms with Crippen molar-refractivity contribution in [2.24, 2.45) is 16.3 Å². The molecule has 0 saturated carbocycles. The predicted molar refractivity (Wildman–Crippen MR) is 80.2 cm³/mol. The first-order chi connectivity index (χ1) is 9.20. The number of benzene rings is 1. The summed E-state index contributed by atoms with van der Waals surface area (Å²) in [6.45, 7) is 4.91. The van der Waals surface area contributed by atoms with Gasteiger partial charge in [-0.3, -0.25) is 4.79 Å². The summed E-state index contributed by atoms with van der Waals surface area (Å²) in [6, 6.07) is 4.71. The predicted octanol–water partition coefficient (Wildman–Crippen LogP) is 2.94. The van der Waals surface area contributed by atoms with Crippen LogP contribution in [0.4, 0.5) is 0 Å². The van der Waals surface area contributed by atoms with Crippen molar-refractivity contribution in [3.05, 3.63) is 33.8 Å². The van der Waals surface area contributed by atoms with Gasteiger partial charge in [0.05, 0.1) is 6.04 Å². The van der Waals surface area contributed by atoms with Crippen LogP contribution in [0.5, 0.6) is 0 Å². The quantitative estimate of drug-likeness (QED) is 0.345. The third-order valence-electron chi connectivity index (χ3n) is 3.09. The van der Waals surface area contributed by atoms with Gasteiger partial charge in [0, 0.05) is 10.0 Å². The first kappa shape index (κ1) is 16.6. The molecule has 0 aromatic heterocycles. The minimum atomic E-state index is -1.12. The van der Waals surface area contributed by atoms with Gasteiger partial charge in [0.2, 0.25) is 5.91 Å². The standard InChI is InChI=1S/C13H17Cl2N3O2/c1-7(9-5-4-8(14)6-10(9)15)17-12(19)13(2,3)11(16)18-20/h4-7,20H,1-3H3,(H2,16,18)(H,17,19). The number of oxime groups is 1. The van der Waals surface area contributed by atoms with E-state index in [0.717, 1.165) is 5.56 Å². The Hall–Kier alpha value is -1.46. The Balaban J connectivity index is 2.90. The van der Waals surface area contributed by atoms with Crippen molar-refractivity contribution in [1.82, 2.24) is 5.32 Å². The van der Waals surface area contributed by atoms with E-state index in [-0.39, 0.29) is 17.8 Å². The zero-order chi connectivity index (χ0) is 15.5. The molecule has 110 valence electrons. The Bertz CT molecular complexity index is 544. The molecule has 20 heavy (non-hydrogen) atoms. The summed E-state index contributed by atoms with van der Waals surface area (Å²) in [6.07, 6.45) is 0. The van der Waals surface area contributed by atoms with Crippen molar-refractivity contribution in [1.29, 1.82) is 0 Å². The normalized spacial score (nSPS) is 13.9. The lowest BCUT2D eigenvalue weighted by Crippen LogP contribution is -2.46. The van der Waals surface area contributed by atoms with Gasteiger partial charge < -0.3 is 16.3 Å². The molecular weight excluding hydrogens is 301 g/mol. The largest absolute Gasteiger partial charge is 0.409 e. The van der Waals surface area contributed by atoms with Gasteiger partial charge >= 0.3 is 0 Å². The third kappa shape index (κ3) is 3.55. The zero-order valence-corrected chi connectivity index (χ0v) is 13.0. The van der Waals surface area contributed by atoms with Crippen LogP contribution >= 0.6 is 23.2 Å². The highest BCUT2D eigenvalue weighted by Gasteiger charge is 2.33. The maximum atomic E-state index is 12.2. The number of nitrogens with zero attached hydrogens (tertiary/aromatic N) is 1. The van der Waals surface area contributed by atoms with Crippen molar-refractivity contribution in [3.63, 3.8) is 0 Å². The smallest absolute Gasteiger partial charge is 0.233 e. The summed E-state index contributed by atoms with van der Waals surface area (Å²) in [5.41, 5.74) is 5.12. The lowest BCUT2D eigenvalue weighted by Gasteiger charge is -2.25. The maximum Gasteiger partial charge on any atom is 0.233 e. The number of carbonyl (C=O) groups is 1. The molecule has 0 heterocycles. The van der Waals surface area contributed by atoms with Gasteiger partial charge in [0.15, 0.2) is 5.84 Å². The lowest BCUT2D eigenvalue weighted by molar-refractivity contribution is -0.127. The van der Waals surface area contributed by atoms with Crippen LogP contribution in [0.15, 0.2) is 23.4 Å². The van der Waals surface area contributed by atoms with E-state index in [0.29, 0.717) is 10.0 Å². The highest BCUT2D eigenvalue weighted by molar-refractivity contribution is 6.35. The molecule has 1 amide bonds. The molecule has 1 unspecified atom stereocenters. The van der Waals surface area contributed by atoms with E-state index < -0.39 is 5.41 Å². The Labute approximate surface area is 127 Å². The molecule has 1 aromatic carbocycles. The van der Waals surface area contributed by atoms with Crippen molar-refractivity contribution < 1.29 is 10.0 Å². The van der Waals surface area contributed by atoms with Crippen molar-refractivity contribution >= 4 is 34.9 Å². The third-order valence-corrected chi connectivity index (χ3v) is 3.65. The number of carbonyl (C=O) groups excluding carboxylic acids is 1. The second kappa shape index (κ2) is 6.33. The summed E-state index contributed by atoms with van der Waals surface area (Å²) >= 11 is 11.9. The van der Waals surface area contributed by atoms with E-state index in [1.165, 1.54) is 0 Å². The van der Waals surface area contributed by atoms with Gasteiger partial charge in [-0.15, -0.1) is 0 Å². The van der Waals surface area contributed by atoms with E-state index in [4.69, 9.17) is 34.1 Å². The minimum Gasteiger partial charge on any atom is -0.409 e. The minimum absolute atomic E-state index is 0.163. The monoisotopic (exact) mass is 317 g/mol. The lowest BCUT2D eigenvalue weighted by atomic mass is 9.90. The van der Waals surface area contributed by atoms with Crippen molar-refractivity contribution in [2.75, 3.05) is 0 Å². The van der Waals surface area contributed by atoms with Gasteiger partial charge in [-0.05, 0) is 38.5 Å². The molecule has 0 bridgehead atoms. The van der Waals surface area contributed by atoms with Crippen molar-refractivity contribution in [2.45, 2.75) is 26.8 Å². The average Bonchev–Trinajstić information content (AvgIpc) is 2.37. The Morgan fingerprint density at radius 2 is 2.05 bits per heavy atom. The van der Waals surface area contributed by atoms with Crippen LogP contribution in [0.3, 0.4) is 0 Å². The second-order valence-electron chi connectivity index (χ2n) is 4.97. The van der Waals surface area contributed by atoms with Crippen LogP contribution < -0.4 is 11.1 Å². The summed E-state index contributed by atoms with van der Waals surface area (Å²) in [7, 11) is 0. The van der Waals surface area contributed by atoms with E-state index >= 15 is 0 Å². The molecule has 0 saturated heterocycles. The molecule has 5 nitrogen and oxygen atoms in total. The number of nitrogens with two attached hydrogens (primary N) is 1. The molecule has 0 aliphatic rings. The fourth-order valence-corrected chi connectivity index (χ4v) is 2.12. The van der Waals surface area contributed by atoms with Gasteiger partial charge in [-0.2, -0.15) is 0 Å². The molecule has 0 aliphatic carbocycles. The molecule has 0 spiro atoms. The van der Waals surface area contributed by atoms with Crippen LogP contribution in [0.25, 0.3) is 0 Å². The number of amidine groups is 1. The van der Waals surface area contributed by atoms with E-state index in [1.807, 2.05) is 0 Å². The zero-order valence-electron chi connectivity index (χ0n) is 11.4. The van der Waals surface area contributed by atoms with Crippen LogP contribution in [0, 0.1) is 5.41 Å². The number of rotatable bonds is 4. The molecule has 7 heteroatoms. The van der Waals surface area contributed by atoms with Gasteiger partial charge in [0.25, 0.3) is 0 Å². The van der Waals surface area contributed by atoms with Gasteiger partial charge in [-0.25, -0.2) is 0 Å². The van der Waals surface area contributed by atoms with Crippen LogP contribution in [-0.2, 0) is 4.79 Å². The highest BCUT2D eigenvalue weighted by atomic mass is 35.5. The maximum absolute atomic E-state index is 12.2. The molecular formula is C13H17Cl2N3O2. The van der Waals surface area contributed by atoms with Crippen LogP contribution in [0.1, 0.15) is 32.4 Å². The first-order valence-electron chi connectivity index (χ1n) is 5.94. The Kier molecular flexibility index (Phi) is 5.25. The first-order valence-corrected chi connectivity index (χ1v) is 6.69. The number of amides is 1. The molecule has 1 atom stereocenters. The second-order valence-corrected chi connectivity index (χ2v) is 5.81. The Morgan fingerprint density at radius 3 is 2.55 bits per heavy atom. The number of hydrogen-bond donors (Lipinski definition) is 3. The number of nitrogens with one attached hydrogen (secondary N) is 1. The average molecular weight is 318 g/mol. The van der Waals surface area contributed by atoms with Crippen LogP contribution in [0.2, 0.25) is 10.0 Å². The van der Waals surface area contributed by atoms with E-state index in [2.05, 4.69) is 10.5 Å². The van der Waals surface area contributed by atoms with Crippen LogP contribution in [-0.4, -0.2) is 17.0 Å². The summed E-state index contributed by atoms with van der Waals surface area (Å²) in [5.74, 6) is -0.532. The SMILES string of the molecule is CC(NC(=O)C(C)(C)C(N)=NO)c1ccc(Cl)cc1Cl. The summed E-state index contributed by atoms with van der Waals surface area (Å²) in [5, 5.41) is 15.3.